The van der Waals surface area contributed by atoms with Gasteiger partial charge in [0.2, 0.25) is 0 Å². The summed E-state index contributed by atoms with van der Waals surface area (Å²) in [4.78, 5) is 10.2. The van der Waals surface area contributed by atoms with E-state index in [1.165, 1.54) is 5.69 Å². The summed E-state index contributed by atoms with van der Waals surface area (Å²) in [6, 6.07) is 0. The topological polar surface area (TPSA) is 23.8 Å². The Balaban J connectivity index is 2.11. The molecule has 0 aromatic carbocycles. The quantitative estimate of drug-likeness (QED) is 0.761. The minimum atomic E-state index is 0.832. The third-order valence-corrected chi connectivity index (χ3v) is 4.21. The minimum Gasteiger partial charge on any atom is -0.358 e. The number of alkyl halides is 1. The van der Waals surface area contributed by atoms with Gasteiger partial charge in [0.1, 0.15) is 0 Å². The molecule has 2 aromatic rings. The highest BCUT2D eigenvalue weighted by Crippen LogP contribution is 2.25. The van der Waals surface area contributed by atoms with Gasteiger partial charge >= 0.3 is 0 Å². The first-order valence-electron chi connectivity index (χ1n) is 5.99. The molecule has 0 fully saturated rings. The van der Waals surface area contributed by atoms with Crippen LogP contribution in [-0.2, 0) is 5.33 Å². The van der Waals surface area contributed by atoms with Crippen molar-refractivity contribution in [2.45, 2.75) is 11.8 Å². The summed E-state index contributed by atoms with van der Waals surface area (Å²) in [7, 11) is 6.33. The highest BCUT2D eigenvalue weighted by Gasteiger charge is 2.15. The van der Waals surface area contributed by atoms with Crippen molar-refractivity contribution in [2.75, 3.05) is 39.1 Å². The predicted molar refractivity (Wildman–Crippen MR) is 82.1 cm³/mol. The van der Waals surface area contributed by atoms with Gasteiger partial charge in [-0.1, -0.05) is 15.9 Å². The van der Waals surface area contributed by atoms with Gasteiger partial charge in [0.05, 0.1) is 5.69 Å². The van der Waals surface area contributed by atoms with Crippen LogP contribution in [0.3, 0.4) is 0 Å². The third kappa shape index (κ3) is 2.87. The largest absolute Gasteiger partial charge is 0.358 e. The van der Waals surface area contributed by atoms with Crippen molar-refractivity contribution in [1.82, 2.24) is 14.3 Å². The zero-order valence-electron chi connectivity index (χ0n) is 11.1. The van der Waals surface area contributed by atoms with Crippen molar-refractivity contribution in [1.29, 1.82) is 0 Å². The summed E-state index contributed by atoms with van der Waals surface area (Å²) in [5.74, 6) is 1.09. The van der Waals surface area contributed by atoms with Gasteiger partial charge in [-0.15, -0.1) is 11.3 Å². The van der Waals surface area contributed by atoms with E-state index in [4.69, 9.17) is 4.98 Å². The second kappa shape index (κ2) is 6.04. The summed E-state index contributed by atoms with van der Waals surface area (Å²) in [5.41, 5.74) is 1.23. The van der Waals surface area contributed by atoms with Crippen LogP contribution in [-0.4, -0.2) is 48.5 Å². The monoisotopic (exact) mass is 330 g/mol. The minimum absolute atomic E-state index is 0.832. The van der Waals surface area contributed by atoms with Crippen molar-refractivity contribution >= 4 is 38.0 Å². The van der Waals surface area contributed by atoms with Gasteiger partial charge < -0.3 is 9.80 Å². The average Bonchev–Trinajstić information content (AvgIpc) is 2.87. The SMILES string of the molecule is CN(C)CCCN(C)c1nc2sccn2c1CBr. The van der Waals surface area contributed by atoms with Crippen molar-refractivity contribution in [3.8, 4) is 0 Å². The predicted octanol–water partition coefficient (Wildman–Crippen LogP) is 2.68. The number of imidazole rings is 1. The molecule has 0 bridgehead atoms. The van der Waals surface area contributed by atoms with E-state index >= 15 is 0 Å². The molecular weight excluding hydrogens is 312 g/mol. The van der Waals surface area contributed by atoms with Crippen molar-refractivity contribution < 1.29 is 0 Å². The van der Waals surface area contributed by atoms with Gasteiger partial charge in [-0.2, -0.15) is 0 Å². The van der Waals surface area contributed by atoms with Crippen LogP contribution in [0.2, 0.25) is 0 Å². The van der Waals surface area contributed by atoms with Gasteiger partial charge in [-0.3, -0.25) is 4.40 Å². The third-order valence-electron chi connectivity index (χ3n) is 2.93. The Kier molecular flexibility index (Phi) is 4.64. The molecule has 0 radical (unpaired) electrons. The highest BCUT2D eigenvalue weighted by molar-refractivity contribution is 9.08. The zero-order valence-corrected chi connectivity index (χ0v) is 13.5. The van der Waals surface area contributed by atoms with Crippen LogP contribution in [0, 0.1) is 0 Å². The standard InChI is InChI=1S/C12H19BrN4S/c1-15(2)5-4-6-16(3)11-10(9-13)17-7-8-18-12(17)14-11/h7-8H,4-6,9H2,1-3H3. The Hall–Kier alpha value is -0.590. The Bertz CT molecular complexity index is 505. The van der Waals surface area contributed by atoms with E-state index in [9.17, 15) is 0 Å². The first kappa shape index (κ1) is 13.8. The first-order chi connectivity index (χ1) is 8.63. The Morgan fingerprint density at radius 1 is 1.33 bits per heavy atom. The van der Waals surface area contributed by atoms with Crippen LogP contribution in [0.25, 0.3) is 4.96 Å². The lowest BCUT2D eigenvalue weighted by Crippen LogP contribution is -2.24. The number of rotatable bonds is 6. The van der Waals surface area contributed by atoms with Gasteiger partial charge in [0, 0.05) is 30.5 Å². The maximum Gasteiger partial charge on any atom is 0.195 e. The molecule has 18 heavy (non-hydrogen) atoms. The molecule has 100 valence electrons. The Labute approximate surface area is 120 Å². The summed E-state index contributed by atoms with van der Waals surface area (Å²) in [5, 5.41) is 2.91. The molecule has 6 heteroatoms. The van der Waals surface area contributed by atoms with E-state index < -0.39 is 0 Å². The number of thiazole rings is 1. The highest BCUT2D eigenvalue weighted by atomic mass is 79.9. The van der Waals surface area contributed by atoms with Crippen LogP contribution in [0.1, 0.15) is 12.1 Å². The van der Waals surface area contributed by atoms with Gasteiger partial charge in [-0.05, 0) is 27.1 Å². The number of halogens is 1. The summed E-state index contributed by atoms with van der Waals surface area (Å²) >= 11 is 5.24. The lowest BCUT2D eigenvalue weighted by Gasteiger charge is -2.19. The number of aromatic nitrogens is 2. The molecule has 0 N–H and O–H groups in total. The molecule has 0 amide bonds. The molecule has 0 atom stereocenters. The van der Waals surface area contributed by atoms with Crippen LogP contribution in [0.4, 0.5) is 5.82 Å². The van der Waals surface area contributed by atoms with Gasteiger partial charge in [-0.25, -0.2) is 4.98 Å². The van der Waals surface area contributed by atoms with E-state index in [0.717, 1.165) is 35.6 Å². The summed E-state index contributed by atoms with van der Waals surface area (Å²) in [6.07, 6.45) is 3.23. The molecule has 2 heterocycles. The number of fused-ring (bicyclic) bond motifs is 1. The number of hydrogen-bond donors (Lipinski definition) is 0. The molecule has 0 aliphatic heterocycles. The van der Waals surface area contributed by atoms with Crippen molar-refractivity contribution in [3.63, 3.8) is 0 Å². The van der Waals surface area contributed by atoms with Crippen molar-refractivity contribution in [2.24, 2.45) is 0 Å². The summed E-state index contributed by atoms with van der Waals surface area (Å²) < 4.78 is 2.16. The van der Waals surface area contributed by atoms with Gasteiger partial charge in [0.25, 0.3) is 0 Å². The maximum absolute atomic E-state index is 4.70. The molecule has 0 spiro atoms. The lowest BCUT2D eigenvalue weighted by atomic mass is 10.3. The molecule has 2 aromatic heterocycles. The molecular formula is C12H19BrN4S. The normalized spacial score (nSPS) is 11.6. The van der Waals surface area contributed by atoms with E-state index in [1.54, 1.807) is 11.3 Å². The van der Waals surface area contributed by atoms with Gasteiger partial charge in [0.15, 0.2) is 10.8 Å². The molecule has 0 unspecified atom stereocenters. The fraction of sp³-hybridized carbons (Fsp3) is 0.583. The molecule has 0 aliphatic rings. The number of nitrogens with zero attached hydrogens (tertiary/aromatic N) is 4. The molecule has 0 saturated heterocycles. The van der Waals surface area contributed by atoms with E-state index in [1.807, 2.05) is 0 Å². The molecule has 4 nitrogen and oxygen atoms in total. The second-order valence-corrected chi connectivity index (χ2v) is 6.08. The number of anilines is 1. The van der Waals surface area contributed by atoms with Crippen molar-refractivity contribution in [3.05, 3.63) is 17.3 Å². The zero-order chi connectivity index (χ0) is 13.1. The lowest BCUT2D eigenvalue weighted by molar-refractivity contribution is 0.401. The maximum atomic E-state index is 4.70. The average molecular weight is 331 g/mol. The Morgan fingerprint density at radius 2 is 2.11 bits per heavy atom. The van der Waals surface area contributed by atoms with Crippen LogP contribution in [0.15, 0.2) is 11.6 Å². The van der Waals surface area contributed by atoms with E-state index in [-0.39, 0.29) is 0 Å². The molecule has 0 aliphatic carbocycles. The molecule has 2 rings (SSSR count). The van der Waals surface area contributed by atoms with Crippen LogP contribution >= 0.6 is 27.3 Å². The van der Waals surface area contributed by atoms with E-state index in [2.05, 4.69) is 62.9 Å². The first-order valence-corrected chi connectivity index (χ1v) is 8.00. The Morgan fingerprint density at radius 3 is 2.78 bits per heavy atom. The fourth-order valence-corrected chi connectivity index (χ4v) is 3.23. The fourth-order valence-electron chi connectivity index (χ4n) is 1.98. The van der Waals surface area contributed by atoms with E-state index in [0.29, 0.717) is 0 Å². The van der Waals surface area contributed by atoms with Crippen LogP contribution < -0.4 is 4.90 Å². The molecule has 0 saturated carbocycles. The van der Waals surface area contributed by atoms with Crippen LogP contribution in [0.5, 0.6) is 0 Å². The second-order valence-electron chi connectivity index (χ2n) is 4.65. The number of hydrogen-bond acceptors (Lipinski definition) is 4. The summed E-state index contributed by atoms with van der Waals surface area (Å²) in [6.45, 7) is 2.14. The smallest absolute Gasteiger partial charge is 0.195 e.